The number of carbonyl (C=O) groups is 2. The quantitative estimate of drug-likeness (QED) is 0.858. The lowest BCUT2D eigenvalue weighted by Crippen LogP contribution is -2.31. The molecule has 1 fully saturated rings. The second-order valence-corrected chi connectivity index (χ2v) is 4.51. The van der Waals surface area contributed by atoms with Gasteiger partial charge in [0.15, 0.2) is 0 Å². The molecule has 0 bridgehead atoms. The van der Waals surface area contributed by atoms with Gasteiger partial charge in [-0.3, -0.25) is 4.79 Å². The molecule has 1 saturated heterocycles. The van der Waals surface area contributed by atoms with Crippen LogP contribution in [-0.4, -0.2) is 46.5 Å². The van der Waals surface area contributed by atoms with Gasteiger partial charge < -0.3 is 15.3 Å². The molecular weight excluding hydrogens is 258 g/mol. The number of pyridine rings is 1. The molecule has 0 spiro atoms. The summed E-state index contributed by atoms with van der Waals surface area (Å²) in [6.45, 7) is 0.676. The number of aromatic carboxylic acids is 1. The second kappa shape index (κ2) is 4.81. The third-order valence-corrected chi connectivity index (χ3v) is 3.14. The zero-order chi connectivity index (χ0) is 13.3. The Labute approximate surface area is 109 Å². The number of carboxylic acid groups (broad SMARTS) is 1. The number of rotatable bonds is 3. The number of aromatic nitrogens is 1. The minimum absolute atomic E-state index is 0.0244. The maximum Gasteiger partial charge on any atom is 0.337 e. The van der Waals surface area contributed by atoms with Gasteiger partial charge in [-0.1, -0.05) is 11.6 Å². The summed E-state index contributed by atoms with van der Waals surface area (Å²) in [5.41, 5.74) is -0.0343. The van der Waals surface area contributed by atoms with Crippen LogP contribution in [0.3, 0.4) is 0 Å². The van der Waals surface area contributed by atoms with Gasteiger partial charge in [0.2, 0.25) is 5.91 Å². The van der Waals surface area contributed by atoms with Gasteiger partial charge in [0.05, 0.1) is 10.6 Å². The van der Waals surface area contributed by atoms with Gasteiger partial charge in [0, 0.05) is 19.8 Å². The molecule has 2 N–H and O–H groups in total. The topological polar surface area (TPSA) is 82.5 Å². The molecule has 1 aliphatic heterocycles. The number of hydrogen-bond acceptors (Lipinski definition) is 4. The van der Waals surface area contributed by atoms with Crippen LogP contribution in [0.1, 0.15) is 16.8 Å². The molecule has 18 heavy (non-hydrogen) atoms. The standard InChI is InChI=1S/C11H12ClN3O3/c1-15-3-2-8(10(15)16)14-9-4-6(11(17)18)7(12)5-13-9/h4-5,8H,2-3H2,1H3,(H,13,14)(H,17,18). The summed E-state index contributed by atoms with van der Waals surface area (Å²) in [5.74, 6) is -0.811. The van der Waals surface area contributed by atoms with Gasteiger partial charge in [-0.25, -0.2) is 9.78 Å². The molecular formula is C11H12ClN3O3. The molecule has 1 atom stereocenters. The molecule has 1 unspecified atom stereocenters. The van der Waals surface area contributed by atoms with E-state index in [1.165, 1.54) is 12.3 Å². The lowest BCUT2D eigenvalue weighted by Gasteiger charge is -2.13. The number of halogens is 1. The minimum Gasteiger partial charge on any atom is -0.478 e. The molecule has 96 valence electrons. The van der Waals surface area contributed by atoms with Crippen LogP contribution in [0.4, 0.5) is 5.82 Å². The van der Waals surface area contributed by atoms with E-state index in [0.717, 1.165) is 0 Å². The lowest BCUT2D eigenvalue weighted by atomic mass is 10.2. The Balaban J connectivity index is 2.18. The predicted molar refractivity (Wildman–Crippen MR) is 65.9 cm³/mol. The van der Waals surface area contributed by atoms with Gasteiger partial charge >= 0.3 is 5.97 Å². The molecule has 1 aliphatic rings. The average Bonchev–Trinajstić information content (AvgIpc) is 2.63. The van der Waals surface area contributed by atoms with Crippen molar-refractivity contribution in [1.82, 2.24) is 9.88 Å². The number of carboxylic acids is 1. The lowest BCUT2D eigenvalue weighted by molar-refractivity contribution is -0.127. The zero-order valence-corrected chi connectivity index (χ0v) is 10.4. The third kappa shape index (κ3) is 2.38. The minimum atomic E-state index is -1.12. The molecule has 2 rings (SSSR count). The van der Waals surface area contributed by atoms with Crippen LogP contribution >= 0.6 is 11.6 Å². The fourth-order valence-electron chi connectivity index (χ4n) is 1.82. The summed E-state index contributed by atoms with van der Waals surface area (Å²) >= 11 is 5.71. The van der Waals surface area contributed by atoms with Crippen molar-refractivity contribution in [3.05, 3.63) is 22.8 Å². The van der Waals surface area contributed by atoms with Crippen molar-refractivity contribution in [2.45, 2.75) is 12.5 Å². The maximum atomic E-state index is 11.7. The van der Waals surface area contributed by atoms with Crippen LogP contribution in [0.15, 0.2) is 12.3 Å². The van der Waals surface area contributed by atoms with Gasteiger partial charge in [0.1, 0.15) is 11.9 Å². The van der Waals surface area contributed by atoms with Gasteiger partial charge in [0.25, 0.3) is 0 Å². The van der Waals surface area contributed by atoms with Crippen LogP contribution in [0.25, 0.3) is 0 Å². The van der Waals surface area contributed by atoms with E-state index in [0.29, 0.717) is 18.8 Å². The molecule has 0 aromatic carbocycles. The first-order chi connectivity index (χ1) is 8.49. The highest BCUT2D eigenvalue weighted by molar-refractivity contribution is 6.33. The van der Waals surface area contributed by atoms with Crippen molar-refractivity contribution in [3.8, 4) is 0 Å². The Bertz CT molecular complexity index is 506. The summed E-state index contributed by atoms with van der Waals surface area (Å²) < 4.78 is 0. The summed E-state index contributed by atoms with van der Waals surface area (Å²) in [6.07, 6.45) is 1.93. The average molecular weight is 270 g/mol. The number of nitrogens with one attached hydrogen (secondary N) is 1. The highest BCUT2D eigenvalue weighted by Crippen LogP contribution is 2.20. The van der Waals surface area contributed by atoms with E-state index in [2.05, 4.69) is 10.3 Å². The van der Waals surface area contributed by atoms with Gasteiger partial charge in [-0.05, 0) is 12.5 Å². The van der Waals surface area contributed by atoms with Crippen molar-refractivity contribution in [2.75, 3.05) is 18.9 Å². The van der Waals surface area contributed by atoms with Crippen LogP contribution in [0, 0.1) is 0 Å². The molecule has 0 radical (unpaired) electrons. The van der Waals surface area contributed by atoms with Crippen LogP contribution in [-0.2, 0) is 4.79 Å². The fraction of sp³-hybridized carbons (Fsp3) is 0.364. The Morgan fingerprint density at radius 1 is 1.67 bits per heavy atom. The molecule has 6 nitrogen and oxygen atoms in total. The molecule has 1 aromatic rings. The van der Waals surface area contributed by atoms with Crippen molar-refractivity contribution < 1.29 is 14.7 Å². The normalized spacial score (nSPS) is 19.1. The number of likely N-dealkylation sites (N-methyl/N-ethyl adjacent to an activating group) is 1. The van der Waals surface area contributed by atoms with Crippen molar-refractivity contribution in [3.63, 3.8) is 0 Å². The number of anilines is 1. The molecule has 0 aliphatic carbocycles. The zero-order valence-electron chi connectivity index (χ0n) is 9.68. The molecule has 1 amide bonds. The number of hydrogen-bond donors (Lipinski definition) is 2. The smallest absolute Gasteiger partial charge is 0.337 e. The van der Waals surface area contributed by atoms with E-state index in [1.807, 2.05) is 0 Å². The highest BCUT2D eigenvalue weighted by atomic mass is 35.5. The Morgan fingerprint density at radius 2 is 2.39 bits per heavy atom. The number of nitrogens with zero attached hydrogens (tertiary/aromatic N) is 2. The summed E-state index contributed by atoms with van der Waals surface area (Å²) in [5, 5.41) is 11.9. The molecule has 1 aromatic heterocycles. The summed E-state index contributed by atoms with van der Waals surface area (Å²) in [7, 11) is 1.72. The first-order valence-electron chi connectivity index (χ1n) is 5.39. The Hall–Kier alpha value is -1.82. The number of amides is 1. The van der Waals surface area contributed by atoms with Crippen LogP contribution in [0.5, 0.6) is 0 Å². The van der Waals surface area contributed by atoms with E-state index in [9.17, 15) is 9.59 Å². The Kier molecular flexibility index (Phi) is 3.38. The number of likely N-dealkylation sites (tertiary alicyclic amines) is 1. The van der Waals surface area contributed by atoms with Gasteiger partial charge in [-0.15, -0.1) is 0 Å². The largest absolute Gasteiger partial charge is 0.478 e. The molecule has 0 saturated carbocycles. The third-order valence-electron chi connectivity index (χ3n) is 2.84. The molecule has 7 heteroatoms. The predicted octanol–water partition coefficient (Wildman–Crippen LogP) is 1.08. The van der Waals surface area contributed by atoms with Crippen molar-refractivity contribution in [1.29, 1.82) is 0 Å². The SMILES string of the molecule is CN1CCC(Nc2cc(C(=O)O)c(Cl)cn2)C1=O. The first-order valence-corrected chi connectivity index (χ1v) is 5.77. The fourth-order valence-corrected chi connectivity index (χ4v) is 2.00. The van der Waals surface area contributed by atoms with E-state index in [1.54, 1.807) is 11.9 Å². The van der Waals surface area contributed by atoms with E-state index in [4.69, 9.17) is 16.7 Å². The Morgan fingerprint density at radius 3 is 2.94 bits per heavy atom. The van der Waals surface area contributed by atoms with E-state index >= 15 is 0 Å². The molecule has 2 heterocycles. The van der Waals surface area contributed by atoms with Crippen LogP contribution < -0.4 is 5.32 Å². The van der Waals surface area contributed by atoms with E-state index < -0.39 is 5.97 Å². The van der Waals surface area contributed by atoms with Crippen molar-refractivity contribution in [2.24, 2.45) is 0 Å². The maximum absolute atomic E-state index is 11.7. The van der Waals surface area contributed by atoms with Crippen molar-refractivity contribution >= 4 is 29.3 Å². The highest BCUT2D eigenvalue weighted by Gasteiger charge is 2.29. The second-order valence-electron chi connectivity index (χ2n) is 4.10. The summed E-state index contributed by atoms with van der Waals surface area (Å²) in [6, 6.07) is 0.973. The number of carbonyl (C=O) groups excluding carboxylic acids is 1. The van der Waals surface area contributed by atoms with Crippen LogP contribution in [0.2, 0.25) is 5.02 Å². The summed E-state index contributed by atoms with van der Waals surface area (Å²) in [4.78, 5) is 28.2. The first kappa shape index (κ1) is 12.6. The van der Waals surface area contributed by atoms with E-state index in [-0.39, 0.29) is 22.5 Å². The monoisotopic (exact) mass is 269 g/mol. The van der Waals surface area contributed by atoms with Gasteiger partial charge in [-0.2, -0.15) is 0 Å².